The van der Waals surface area contributed by atoms with Gasteiger partial charge in [-0.05, 0) is 12.8 Å². The number of amides is 1. The number of primary amides is 1. The quantitative estimate of drug-likeness (QED) is 0.438. The fourth-order valence-electron chi connectivity index (χ4n) is 1.39. The first-order valence-electron chi connectivity index (χ1n) is 3.81. The number of carbonyl (C=O) groups excluding carboxylic acids is 1. The molecule has 4 nitrogen and oxygen atoms in total. The van der Waals surface area contributed by atoms with Gasteiger partial charge in [0, 0.05) is 19.3 Å². The van der Waals surface area contributed by atoms with Crippen molar-refractivity contribution < 1.29 is 4.79 Å². The summed E-state index contributed by atoms with van der Waals surface area (Å²) in [4.78, 5) is 12.7. The van der Waals surface area contributed by atoms with Crippen LogP contribution in [0, 0.1) is 11.3 Å². The zero-order valence-electron chi connectivity index (χ0n) is 7.00. The van der Waals surface area contributed by atoms with Crippen molar-refractivity contribution >= 4 is 5.91 Å². The van der Waals surface area contributed by atoms with Gasteiger partial charge in [0.2, 0.25) is 0 Å². The molecule has 0 aromatic carbocycles. The highest BCUT2D eigenvalue weighted by molar-refractivity contribution is 5.96. The summed E-state index contributed by atoms with van der Waals surface area (Å²) in [5.41, 5.74) is 5.93. The third-order valence-corrected chi connectivity index (χ3v) is 2.01. The van der Waals surface area contributed by atoms with Gasteiger partial charge in [0.25, 0.3) is 5.91 Å². The molecule has 0 saturated carbocycles. The van der Waals surface area contributed by atoms with Crippen LogP contribution in [0.3, 0.4) is 0 Å². The van der Waals surface area contributed by atoms with Gasteiger partial charge in [-0.3, -0.25) is 4.79 Å². The van der Waals surface area contributed by atoms with Gasteiger partial charge >= 0.3 is 0 Å². The van der Waals surface area contributed by atoms with Gasteiger partial charge in [-0.2, -0.15) is 5.26 Å². The van der Waals surface area contributed by atoms with E-state index in [-0.39, 0.29) is 5.57 Å². The van der Waals surface area contributed by atoms with Crippen molar-refractivity contribution in [1.82, 2.24) is 4.90 Å². The molecule has 1 aliphatic rings. The predicted molar refractivity (Wildman–Crippen MR) is 43.7 cm³/mol. The third-order valence-electron chi connectivity index (χ3n) is 2.01. The van der Waals surface area contributed by atoms with Gasteiger partial charge in [-0.1, -0.05) is 0 Å². The van der Waals surface area contributed by atoms with Gasteiger partial charge in [-0.15, -0.1) is 0 Å². The molecule has 12 heavy (non-hydrogen) atoms. The molecule has 0 aromatic heterocycles. The number of nitriles is 1. The lowest BCUT2D eigenvalue weighted by atomic mass is 10.2. The van der Waals surface area contributed by atoms with E-state index in [9.17, 15) is 4.79 Å². The van der Waals surface area contributed by atoms with Crippen molar-refractivity contribution in [2.75, 3.05) is 13.6 Å². The SMILES string of the molecule is CN1CCCC1=C(C#N)C(N)=O. The molecule has 2 N–H and O–H groups in total. The van der Waals surface area contributed by atoms with Crippen LogP contribution >= 0.6 is 0 Å². The minimum Gasteiger partial charge on any atom is -0.377 e. The van der Waals surface area contributed by atoms with Gasteiger partial charge < -0.3 is 10.6 Å². The highest BCUT2D eigenvalue weighted by Crippen LogP contribution is 2.21. The van der Waals surface area contributed by atoms with Crippen molar-refractivity contribution in [3.63, 3.8) is 0 Å². The first-order valence-corrected chi connectivity index (χ1v) is 3.81. The van der Waals surface area contributed by atoms with E-state index in [4.69, 9.17) is 11.0 Å². The predicted octanol–water partition coefficient (Wildman–Crippen LogP) is -0.0250. The van der Waals surface area contributed by atoms with Crippen LogP contribution in [0.15, 0.2) is 11.3 Å². The van der Waals surface area contributed by atoms with E-state index in [2.05, 4.69) is 0 Å². The Morgan fingerprint density at radius 1 is 1.75 bits per heavy atom. The minimum absolute atomic E-state index is 0.106. The Morgan fingerprint density at radius 2 is 2.42 bits per heavy atom. The molecule has 0 atom stereocenters. The van der Waals surface area contributed by atoms with Gasteiger partial charge in [0.1, 0.15) is 11.6 Å². The second kappa shape index (κ2) is 3.26. The topological polar surface area (TPSA) is 70.1 Å². The summed E-state index contributed by atoms with van der Waals surface area (Å²) in [5.74, 6) is -0.624. The van der Waals surface area contributed by atoms with Crippen molar-refractivity contribution in [3.8, 4) is 6.07 Å². The van der Waals surface area contributed by atoms with E-state index in [1.807, 2.05) is 18.0 Å². The Hall–Kier alpha value is -1.50. The molecule has 0 aromatic rings. The lowest BCUT2D eigenvalue weighted by Gasteiger charge is -2.12. The average molecular weight is 165 g/mol. The third kappa shape index (κ3) is 1.40. The van der Waals surface area contributed by atoms with Crippen LogP contribution < -0.4 is 5.73 Å². The monoisotopic (exact) mass is 165 g/mol. The summed E-state index contributed by atoms with van der Waals surface area (Å²) in [6, 6.07) is 1.84. The van der Waals surface area contributed by atoms with E-state index in [0.29, 0.717) is 0 Å². The van der Waals surface area contributed by atoms with Gasteiger partial charge in [0.15, 0.2) is 0 Å². The van der Waals surface area contributed by atoms with E-state index in [0.717, 1.165) is 25.1 Å². The smallest absolute Gasteiger partial charge is 0.261 e. The molecular weight excluding hydrogens is 154 g/mol. The zero-order chi connectivity index (χ0) is 9.14. The van der Waals surface area contributed by atoms with Gasteiger partial charge in [-0.25, -0.2) is 0 Å². The van der Waals surface area contributed by atoms with Gasteiger partial charge in [0.05, 0.1) is 0 Å². The lowest BCUT2D eigenvalue weighted by Crippen LogP contribution is -2.20. The number of allylic oxidation sites excluding steroid dienone is 1. The van der Waals surface area contributed by atoms with Crippen LogP contribution in [-0.4, -0.2) is 24.4 Å². The normalized spacial score (nSPS) is 20.5. The van der Waals surface area contributed by atoms with E-state index in [1.165, 1.54) is 0 Å². The summed E-state index contributed by atoms with van der Waals surface area (Å²) in [5, 5.41) is 8.64. The summed E-state index contributed by atoms with van der Waals surface area (Å²) in [7, 11) is 1.86. The molecule has 64 valence electrons. The summed E-state index contributed by atoms with van der Waals surface area (Å²) < 4.78 is 0. The molecule has 1 rings (SSSR count). The molecule has 1 amide bonds. The first-order chi connectivity index (χ1) is 5.66. The number of hydrogen-bond donors (Lipinski definition) is 1. The Morgan fingerprint density at radius 3 is 2.75 bits per heavy atom. The molecule has 1 aliphatic heterocycles. The molecule has 1 heterocycles. The Balaban J connectivity index is 3.01. The molecule has 0 aliphatic carbocycles. The van der Waals surface area contributed by atoms with Crippen molar-refractivity contribution in [3.05, 3.63) is 11.3 Å². The Kier molecular flexibility index (Phi) is 2.34. The first kappa shape index (κ1) is 8.60. The average Bonchev–Trinajstić information content (AvgIpc) is 2.38. The molecule has 1 saturated heterocycles. The fraction of sp³-hybridized carbons (Fsp3) is 0.500. The number of hydrogen-bond acceptors (Lipinski definition) is 3. The Bertz CT molecular complexity index is 275. The fourth-order valence-corrected chi connectivity index (χ4v) is 1.39. The highest BCUT2D eigenvalue weighted by Gasteiger charge is 2.20. The zero-order valence-corrected chi connectivity index (χ0v) is 7.00. The number of carbonyl (C=O) groups is 1. The highest BCUT2D eigenvalue weighted by atomic mass is 16.1. The van der Waals surface area contributed by atoms with Crippen molar-refractivity contribution in [2.45, 2.75) is 12.8 Å². The van der Waals surface area contributed by atoms with Crippen LogP contribution in [0.4, 0.5) is 0 Å². The van der Waals surface area contributed by atoms with Crippen LogP contribution in [0.2, 0.25) is 0 Å². The largest absolute Gasteiger partial charge is 0.377 e. The maximum Gasteiger partial charge on any atom is 0.261 e. The molecule has 0 bridgehead atoms. The number of nitrogens with zero attached hydrogens (tertiary/aromatic N) is 2. The second-order valence-electron chi connectivity index (χ2n) is 2.82. The molecule has 0 unspecified atom stereocenters. The minimum atomic E-state index is -0.624. The lowest BCUT2D eigenvalue weighted by molar-refractivity contribution is -0.114. The van der Waals surface area contributed by atoms with Crippen molar-refractivity contribution in [1.29, 1.82) is 5.26 Å². The van der Waals surface area contributed by atoms with Crippen LogP contribution in [0.25, 0.3) is 0 Å². The molecule has 1 fully saturated rings. The van der Waals surface area contributed by atoms with E-state index < -0.39 is 5.91 Å². The van der Waals surface area contributed by atoms with Crippen LogP contribution in [0.5, 0.6) is 0 Å². The van der Waals surface area contributed by atoms with Crippen LogP contribution in [0.1, 0.15) is 12.8 Å². The van der Waals surface area contributed by atoms with E-state index >= 15 is 0 Å². The van der Waals surface area contributed by atoms with E-state index in [1.54, 1.807) is 0 Å². The maximum absolute atomic E-state index is 10.8. The summed E-state index contributed by atoms with van der Waals surface area (Å²) in [6.07, 6.45) is 1.77. The second-order valence-corrected chi connectivity index (χ2v) is 2.82. The molecular formula is C8H11N3O. The Labute approximate surface area is 71.3 Å². The van der Waals surface area contributed by atoms with Crippen molar-refractivity contribution in [2.24, 2.45) is 5.73 Å². The molecule has 0 spiro atoms. The van der Waals surface area contributed by atoms with Crippen LogP contribution in [-0.2, 0) is 4.79 Å². The number of nitrogens with two attached hydrogens (primary N) is 1. The summed E-state index contributed by atoms with van der Waals surface area (Å²) in [6.45, 7) is 0.897. The summed E-state index contributed by atoms with van der Waals surface area (Å²) >= 11 is 0. The molecule has 4 heteroatoms. The number of rotatable bonds is 1. The number of likely N-dealkylation sites (tertiary alicyclic amines) is 1. The standard InChI is InChI=1S/C8H11N3O/c1-11-4-2-3-7(11)6(5-9)8(10)12/h2-4H2,1H3,(H2,10,12). The maximum atomic E-state index is 10.8. The molecule has 0 radical (unpaired) electrons.